The molecule has 1 aliphatic rings. The fraction of sp³-hybridized carbons (Fsp3) is 0.464. The highest BCUT2D eigenvalue weighted by atomic mass is 16.5. The molecule has 7 heteroatoms. The smallest absolute Gasteiger partial charge is 0.407 e. The summed E-state index contributed by atoms with van der Waals surface area (Å²) in [7, 11) is 0. The van der Waals surface area contributed by atoms with Crippen LogP contribution in [-0.2, 0) is 14.3 Å². The van der Waals surface area contributed by atoms with Gasteiger partial charge in [-0.2, -0.15) is 0 Å². The molecular formula is C28H36N2O5. The Morgan fingerprint density at radius 1 is 0.943 bits per heavy atom. The standard InChI is InChI=1S/C28H36N2O5/c1-18(2)20(12-13-27(32)33)14-15-29-26(31)16-19(3)30-28(34)35-17-25-23-10-6-4-8-21(23)22-9-5-7-11-24(22)25/h4-11,18-20,25H,12-17H2,1-3H3,(H,29,31)(H,30,34)(H,32,33)/t19-,20?/m1/s1. The Balaban J connectivity index is 1.41. The number of aliphatic carboxylic acids is 1. The van der Waals surface area contributed by atoms with E-state index < -0.39 is 12.1 Å². The van der Waals surface area contributed by atoms with Crippen LogP contribution >= 0.6 is 0 Å². The van der Waals surface area contributed by atoms with Gasteiger partial charge in [0.25, 0.3) is 0 Å². The molecule has 0 spiro atoms. The maximum Gasteiger partial charge on any atom is 0.407 e. The van der Waals surface area contributed by atoms with E-state index in [9.17, 15) is 14.4 Å². The second-order valence-corrected chi connectivity index (χ2v) is 9.65. The van der Waals surface area contributed by atoms with Gasteiger partial charge in [0, 0.05) is 31.3 Å². The van der Waals surface area contributed by atoms with Crippen molar-refractivity contribution < 1.29 is 24.2 Å². The molecule has 0 heterocycles. The van der Waals surface area contributed by atoms with Gasteiger partial charge >= 0.3 is 12.1 Å². The summed E-state index contributed by atoms with van der Waals surface area (Å²) >= 11 is 0. The van der Waals surface area contributed by atoms with Crippen LogP contribution in [0.15, 0.2) is 48.5 Å². The molecule has 3 rings (SSSR count). The van der Waals surface area contributed by atoms with E-state index in [1.165, 1.54) is 11.1 Å². The molecule has 7 nitrogen and oxygen atoms in total. The van der Waals surface area contributed by atoms with Gasteiger partial charge in [-0.3, -0.25) is 9.59 Å². The van der Waals surface area contributed by atoms with Gasteiger partial charge in [0.1, 0.15) is 6.61 Å². The Kier molecular flexibility index (Phi) is 9.29. The highest BCUT2D eigenvalue weighted by Crippen LogP contribution is 2.44. The van der Waals surface area contributed by atoms with E-state index in [1.807, 2.05) is 24.3 Å². The van der Waals surface area contributed by atoms with Crippen molar-refractivity contribution in [3.05, 3.63) is 59.7 Å². The normalized spacial score (nSPS) is 14.1. The summed E-state index contributed by atoms with van der Waals surface area (Å²) in [5.41, 5.74) is 4.64. The van der Waals surface area contributed by atoms with Crippen LogP contribution in [0, 0.1) is 11.8 Å². The van der Waals surface area contributed by atoms with E-state index in [0.29, 0.717) is 18.9 Å². The lowest BCUT2D eigenvalue weighted by molar-refractivity contribution is -0.137. The molecule has 3 N–H and O–H groups in total. The minimum absolute atomic E-state index is 0.0122. The minimum atomic E-state index is -0.798. The van der Waals surface area contributed by atoms with Crippen LogP contribution in [0.3, 0.4) is 0 Å². The van der Waals surface area contributed by atoms with Crippen LogP contribution in [0.4, 0.5) is 4.79 Å². The molecule has 0 bridgehead atoms. The Hall–Kier alpha value is -3.35. The fourth-order valence-corrected chi connectivity index (χ4v) is 4.76. The van der Waals surface area contributed by atoms with Gasteiger partial charge in [-0.05, 0) is 53.9 Å². The van der Waals surface area contributed by atoms with Crippen molar-refractivity contribution in [2.75, 3.05) is 13.2 Å². The van der Waals surface area contributed by atoms with E-state index in [-0.39, 0.29) is 43.2 Å². The lowest BCUT2D eigenvalue weighted by Crippen LogP contribution is -2.38. The molecule has 35 heavy (non-hydrogen) atoms. The third kappa shape index (κ3) is 7.31. The van der Waals surface area contributed by atoms with Crippen molar-refractivity contribution in [1.82, 2.24) is 10.6 Å². The van der Waals surface area contributed by atoms with Crippen LogP contribution in [0.5, 0.6) is 0 Å². The van der Waals surface area contributed by atoms with Crippen LogP contribution in [-0.4, -0.2) is 42.3 Å². The number of carbonyl (C=O) groups excluding carboxylic acids is 2. The first-order valence-electron chi connectivity index (χ1n) is 12.4. The second-order valence-electron chi connectivity index (χ2n) is 9.65. The third-order valence-corrected chi connectivity index (χ3v) is 6.71. The zero-order valence-electron chi connectivity index (χ0n) is 20.8. The van der Waals surface area contributed by atoms with Gasteiger partial charge in [0.05, 0.1) is 0 Å². The third-order valence-electron chi connectivity index (χ3n) is 6.71. The first kappa shape index (κ1) is 26.3. The lowest BCUT2D eigenvalue weighted by atomic mass is 9.88. The molecule has 2 aromatic rings. The maximum atomic E-state index is 12.4. The van der Waals surface area contributed by atoms with Gasteiger partial charge in [-0.15, -0.1) is 0 Å². The predicted molar refractivity (Wildman–Crippen MR) is 135 cm³/mol. The van der Waals surface area contributed by atoms with Gasteiger partial charge in [-0.1, -0.05) is 62.4 Å². The summed E-state index contributed by atoms with van der Waals surface area (Å²) in [6.07, 6.45) is 1.07. The van der Waals surface area contributed by atoms with Crippen LogP contribution in [0.2, 0.25) is 0 Å². The van der Waals surface area contributed by atoms with Gasteiger partial charge < -0.3 is 20.5 Å². The molecule has 2 amide bonds. The molecule has 0 saturated heterocycles. The van der Waals surface area contributed by atoms with Crippen molar-refractivity contribution in [2.24, 2.45) is 11.8 Å². The monoisotopic (exact) mass is 480 g/mol. The number of alkyl carbamates (subject to hydrolysis) is 1. The molecule has 2 aromatic carbocycles. The summed E-state index contributed by atoms with van der Waals surface area (Å²) in [5.74, 6) is -0.380. The molecule has 0 aliphatic heterocycles. The van der Waals surface area contributed by atoms with Crippen molar-refractivity contribution in [3.63, 3.8) is 0 Å². The zero-order valence-corrected chi connectivity index (χ0v) is 20.8. The van der Waals surface area contributed by atoms with Crippen LogP contribution in [0.1, 0.15) is 63.5 Å². The predicted octanol–water partition coefficient (Wildman–Crippen LogP) is 4.95. The second kappa shape index (κ2) is 12.4. The molecule has 1 aliphatic carbocycles. The number of carbonyl (C=O) groups is 3. The molecule has 0 saturated carbocycles. The van der Waals surface area contributed by atoms with E-state index >= 15 is 0 Å². The van der Waals surface area contributed by atoms with Gasteiger partial charge in [-0.25, -0.2) is 4.79 Å². The topological polar surface area (TPSA) is 105 Å². The molecule has 0 fully saturated rings. The summed E-state index contributed by atoms with van der Waals surface area (Å²) < 4.78 is 5.55. The number of fused-ring (bicyclic) bond motifs is 3. The Morgan fingerprint density at radius 3 is 2.11 bits per heavy atom. The lowest BCUT2D eigenvalue weighted by Gasteiger charge is -2.20. The average Bonchev–Trinajstić information content (AvgIpc) is 3.13. The number of benzene rings is 2. The summed E-state index contributed by atoms with van der Waals surface area (Å²) in [6.45, 7) is 6.61. The number of ether oxygens (including phenoxy) is 1. The number of nitrogens with one attached hydrogen (secondary N) is 2. The molecule has 1 unspecified atom stereocenters. The number of hydrogen-bond donors (Lipinski definition) is 3. The summed E-state index contributed by atoms with van der Waals surface area (Å²) in [5, 5.41) is 14.5. The van der Waals surface area contributed by atoms with Crippen molar-refractivity contribution in [2.45, 2.75) is 58.4 Å². The molecule has 0 aromatic heterocycles. The largest absolute Gasteiger partial charge is 0.481 e. The number of amides is 2. The number of carboxylic acid groups (broad SMARTS) is 1. The first-order chi connectivity index (χ1) is 16.8. The Morgan fingerprint density at radius 2 is 1.54 bits per heavy atom. The van der Waals surface area contributed by atoms with E-state index in [4.69, 9.17) is 9.84 Å². The summed E-state index contributed by atoms with van der Waals surface area (Å²) in [6, 6.07) is 15.9. The first-order valence-corrected chi connectivity index (χ1v) is 12.4. The quantitative estimate of drug-likeness (QED) is 0.399. The van der Waals surface area contributed by atoms with Crippen molar-refractivity contribution in [1.29, 1.82) is 0 Å². The minimum Gasteiger partial charge on any atom is -0.481 e. The van der Waals surface area contributed by atoms with Gasteiger partial charge in [0.15, 0.2) is 0 Å². The average molecular weight is 481 g/mol. The zero-order chi connectivity index (χ0) is 25.4. The van der Waals surface area contributed by atoms with Gasteiger partial charge in [0.2, 0.25) is 5.91 Å². The molecule has 2 atom stereocenters. The molecular weight excluding hydrogens is 444 g/mol. The maximum absolute atomic E-state index is 12.4. The SMILES string of the molecule is CC(C)C(CCNC(=O)C[C@@H](C)NC(=O)OCC1c2ccccc2-c2ccccc21)CCC(=O)O. The van der Waals surface area contributed by atoms with E-state index in [1.54, 1.807) is 6.92 Å². The number of carboxylic acids is 1. The highest BCUT2D eigenvalue weighted by molar-refractivity contribution is 5.79. The van der Waals surface area contributed by atoms with Crippen LogP contribution < -0.4 is 10.6 Å². The highest BCUT2D eigenvalue weighted by Gasteiger charge is 2.29. The fourth-order valence-electron chi connectivity index (χ4n) is 4.76. The van der Waals surface area contributed by atoms with E-state index in [2.05, 4.69) is 48.7 Å². The summed E-state index contributed by atoms with van der Waals surface area (Å²) in [4.78, 5) is 35.5. The van der Waals surface area contributed by atoms with Crippen LogP contribution in [0.25, 0.3) is 11.1 Å². The van der Waals surface area contributed by atoms with Crippen molar-refractivity contribution in [3.8, 4) is 11.1 Å². The number of rotatable bonds is 12. The number of hydrogen-bond acceptors (Lipinski definition) is 4. The Bertz CT molecular complexity index is 990. The van der Waals surface area contributed by atoms with Crippen molar-refractivity contribution >= 4 is 18.0 Å². The molecule has 0 radical (unpaired) electrons. The molecule has 188 valence electrons. The Labute approximate surface area is 207 Å². The van der Waals surface area contributed by atoms with E-state index in [0.717, 1.165) is 17.5 Å².